The Labute approximate surface area is 193 Å². The third-order valence-electron chi connectivity index (χ3n) is 4.46. The van der Waals surface area contributed by atoms with E-state index in [0.29, 0.717) is 30.8 Å². The van der Waals surface area contributed by atoms with E-state index >= 15 is 0 Å². The van der Waals surface area contributed by atoms with Gasteiger partial charge in [-0.2, -0.15) is 0 Å². The molecule has 0 aliphatic rings. The third-order valence-corrected chi connectivity index (χ3v) is 5.38. The molecule has 0 aliphatic heterocycles. The van der Waals surface area contributed by atoms with Crippen molar-refractivity contribution in [2.24, 2.45) is 0 Å². The molecule has 1 atom stereocenters. The highest BCUT2D eigenvalue weighted by Gasteiger charge is 2.15. The van der Waals surface area contributed by atoms with Crippen molar-refractivity contribution in [2.45, 2.75) is 25.5 Å². The van der Waals surface area contributed by atoms with Gasteiger partial charge in [-0.15, -0.1) is 0 Å². The molecule has 3 aromatic rings. The van der Waals surface area contributed by atoms with E-state index in [1.54, 1.807) is 6.26 Å². The smallest absolute Gasteiger partial charge is 0.223 e. The number of unbranched alkanes of at least 4 members (excludes halogenated alkanes) is 1. The van der Waals surface area contributed by atoms with Crippen LogP contribution in [-0.2, 0) is 16.9 Å². The first-order valence-electron chi connectivity index (χ1n) is 9.96. The largest absolute Gasteiger partial charge is 0.616 e. The van der Waals surface area contributed by atoms with Crippen LogP contribution in [0, 0.1) is 18.6 Å². The molecule has 1 heterocycles. The molecule has 0 fully saturated rings. The lowest BCUT2D eigenvalue weighted by Gasteiger charge is -2.13. The second kappa shape index (κ2) is 11.4. The van der Waals surface area contributed by atoms with Crippen molar-refractivity contribution >= 4 is 22.8 Å². The Morgan fingerprint density at radius 1 is 1.06 bits per heavy atom. The minimum absolute atomic E-state index is 0.0494. The Morgan fingerprint density at radius 2 is 1.81 bits per heavy atom. The number of ether oxygens (including phenoxy) is 2. The summed E-state index contributed by atoms with van der Waals surface area (Å²) >= 11 is 4.85. The number of rotatable bonds is 10. The number of hydrogen-bond acceptors (Lipinski definition) is 5. The van der Waals surface area contributed by atoms with Crippen molar-refractivity contribution < 1.29 is 22.8 Å². The van der Waals surface area contributed by atoms with Gasteiger partial charge in [0.15, 0.2) is 5.82 Å². The molecule has 32 heavy (non-hydrogen) atoms. The van der Waals surface area contributed by atoms with Gasteiger partial charge in [-0.1, -0.05) is 17.2 Å². The molecule has 0 saturated carbocycles. The van der Waals surface area contributed by atoms with Gasteiger partial charge in [0.25, 0.3) is 0 Å². The molecule has 1 unspecified atom stereocenters. The lowest BCUT2D eigenvalue weighted by molar-refractivity contribution is 0.266. The van der Waals surface area contributed by atoms with Crippen molar-refractivity contribution in [3.63, 3.8) is 0 Å². The quantitative estimate of drug-likeness (QED) is 0.218. The summed E-state index contributed by atoms with van der Waals surface area (Å²) in [6.07, 6.45) is 3.96. The van der Waals surface area contributed by atoms with E-state index in [4.69, 9.17) is 21.1 Å². The first-order chi connectivity index (χ1) is 15.3. The van der Waals surface area contributed by atoms with E-state index in [-0.39, 0.29) is 23.3 Å². The summed E-state index contributed by atoms with van der Waals surface area (Å²) in [7, 11) is 0. The fourth-order valence-corrected chi connectivity index (χ4v) is 3.92. The van der Waals surface area contributed by atoms with Crippen LogP contribution in [0.25, 0.3) is 11.3 Å². The minimum atomic E-state index is -0.919. The number of benzene rings is 2. The van der Waals surface area contributed by atoms with Gasteiger partial charge < -0.3 is 14.0 Å². The molecule has 170 valence electrons. The van der Waals surface area contributed by atoms with Crippen molar-refractivity contribution in [1.29, 1.82) is 0 Å². The maximum atomic E-state index is 14.1. The fourth-order valence-electron chi connectivity index (χ4n) is 3.15. The van der Waals surface area contributed by atoms with E-state index in [9.17, 15) is 13.3 Å². The van der Waals surface area contributed by atoms with Crippen LogP contribution >= 0.6 is 11.6 Å². The van der Waals surface area contributed by atoms with E-state index < -0.39 is 22.8 Å². The molecule has 0 bridgehead atoms. The van der Waals surface area contributed by atoms with Crippen LogP contribution < -0.4 is 9.47 Å². The molecule has 0 amide bonds. The highest BCUT2D eigenvalue weighted by atomic mass is 35.5. The normalized spacial score (nSPS) is 11.9. The molecule has 0 saturated heterocycles. The Bertz CT molecular complexity index is 1070. The predicted molar refractivity (Wildman–Crippen MR) is 122 cm³/mol. The molecule has 2 aromatic carbocycles. The number of nitrogens with zero attached hydrogens (tertiary/aromatic N) is 2. The number of aromatic nitrogens is 2. The van der Waals surface area contributed by atoms with Crippen molar-refractivity contribution in [3.8, 4) is 22.8 Å². The zero-order valence-electron chi connectivity index (χ0n) is 17.7. The van der Waals surface area contributed by atoms with E-state index in [0.717, 1.165) is 23.1 Å². The summed E-state index contributed by atoms with van der Waals surface area (Å²) < 4.78 is 50.8. The first-order valence-corrected chi connectivity index (χ1v) is 12.1. The average molecular weight is 481 g/mol. The van der Waals surface area contributed by atoms with Crippen LogP contribution in [0.2, 0.25) is 5.28 Å². The van der Waals surface area contributed by atoms with Crippen LogP contribution in [0.1, 0.15) is 24.0 Å². The summed E-state index contributed by atoms with van der Waals surface area (Å²) in [5.41, 5.74) is 2.26. The van der Waals surface area contributed by atoms with Gasteiger partial charge in [-0.3, -0.25) is 0 Å². The van der Waals surface area contributed by atoms with E-state index in [1.165, 1.54) is 18.2 Å². The average Bonchev–Trinajstić information content (AvgIpc) is 2.72. The van der Waals surface area contributed by atoms with Gasteiger partial charge in [-0.05, 0) is 61.2 Å². The third kappa shape index (κ3) is 7.05. The number of aryl methyl sites for hydroxylation is 1. The van der Waals surface area contributed by atoms with Gasteiger partial charge in [-0.25, -0.2) is 18.7 Å². The van der Waals surface area contributed by atoms with Gasteiger partial charge in [0.05, 0.1) is 25.7 Å². The standard InChI is InChI=1S/C23H23ClF2N2O3S/c1-15-9-16(14-32(2)29)11-18(10-15)30-7-3-4-8-31-21-12-17(25)5-6-19(21)22-20(26)13-27-23(24)28-22/h5-6,9-13H,3-4,7-8,14H2,1-2H3. The SMILES string of the molecule is Cc1cc(C[S+](C)[O-])cc(OCCCCOc2cc(F)ccc2-c2nc(Cl)ncc2F)c1. The minimum Gasteiger partial charge on any atom is -0.616 e. The Kier molecular flexibility index (Phi) is 8.67. The molecule has 3 rings (SSSR count). The fraction of sp³-hybridized carbons (Fsp3) is 0.304. The Balaban J connectivity index is 1.54. The topological polar surface area (TPSA) is 67.3 Å². The van der Waals surface area contributed by atoms with Crippen molar-refractivity contribution in [3.05, 3.63) is 70.6 Å². The molecule has 0 spiro atoms. The van der Waals surface area contributed by atoms with E-state index in [2.05, 4.69) is 9.97 Å². The lowest BCUT2D eigenvalue weighted by atomic mass is 10.1. The molecule has 9 heteroatoms. The van der Waals surface area contributed by atoms with Crippen LogP contribution in [-0.4, -0.2) is 34.0 Å². The lowest BCUT2D eigenvalue weighted by Crippen LogP contribution is -2.05. The molecule has 5 nitrogen and oxygen atoms in total. The van der Waals surface area contributed by atoms with Crippen LogP contribution in [0.4, 0.5) is 8.78 Å². The second-order valence-electron chi connectivity index (χ2n) is 7.25. The van der Waals surface area contributed by atoms with Crippen LogP contribution in [0.5, 0.6) is 11.5 Å². The number of halogens is 3. The van der Waals surface area contributed by atoms with Crippen molar-refractivity contribution in [1.82, 2.24) is 9.97 Å². The molecule has 0 aliphatic carbocycles. The molecule has 0 N–H and O–H groups in total. The monoisotopic (exact) mass is 480 g/mol. The summed E-state index contributed by atoms with van der Waals surface area (Å²) in [5, 5.41) is -0.113. The van der Waals surface area contributed by atoms with Gasteiger partial charge in [0.1, 0.15) is 28.8 Å². The van der Waals surface area contributed by atoms with Crippen LogP contribution in [0.15, 0.2) is 42.6 Å². The maximum absolute atomic E-state index is 14.1. The van der Waals surface area contributed by atoms with E-state index in [1.807, 2.05) is 25.1 Å². The Hall–Kier alpha value is -2.42. The zero-order chi connectivity index (χ0) is 23.1. The molecule has 1 aromatic heterocycles. The van der Waals surface area contributed by atoms with Crippen LogP contribution in [0.3, 0.4) is 0 Å². The molecular weight excluding hydrogens is 458 g/mol. The highest BCUT2D eigenvalue weighted by Crippen LogP contribution is 2.31. The summed E-state index contributed by atoms with van der Waals surface area (Å²) in [6.45, 7) is 2.72. The van der Waals surface area contributed by atoms with Gasteiger partial charge in [0, 0.05) is 17.2 Å². The van der Waals surface area contributed by atoms with Gasteiger partial charge in [0.2, 0.25) is 5.28 Å². The Morgan fingerprint density at radius 3 is 2.56 bits per heavy atom. The predicted octanol–water partition coefficient (Wildman–Crippen LogP) is 5.50. The highest BCUT2D eigenvalue weighted by molar-refractivity contribution is 7.89. The zero-order valence-corrected chi connectivity index (χ0v) is 19.3. The maximum Gasteiger partial charge on any atom is 0.223 e. The van der Waals surface area contributed by atoms with Crippen molar-refractivity contribution in [2.75, 3.05) is 19.5 Å². The summed E-state index contributed by atoms with van der Waals surface area (Å²) in [4.78, 5) is 7.49. The number of hydrogen-bond donors (Lipinski definition) is 0. The molecular formula is C23H23ClF2N2O3S. The van der Waals surface area contributed by atoms with Gasteiger partial charge >= 0.3 is 0 Å². The first kappa shape index (κ1) is 24.2. The molecule has 0 radical (unpaired) electrons. The summed E-state index contributed by atoms with van der Waals surface area (Å²) in [6, 6.07) is 9.60. The second-order valence-corrected chi connectivity index (χ2v) is 9.03. The summed E-state index contributed by atoms with van der Waals surface area (Å²) in [5.74, 6) is 0.213.